The second kappa shape index (κ2) is 14.9. The van der Waals surface area contributed by atoms with E-state index in [1.807, 2.05) is 24.3 Å². The van der Waals surface area contributed by atoms with Gasteiger partial charge < -0.3 is 9.47 Å². The molecule has 1 aromatic rings. The Bertz CT molecular complexity index is 661. The third-order valence-corrected chi connectivity index (χ3v) is 5.88. The fourth-order valence-corrected chi connectivity index (χ4v) is 3.93. The van der Waals surface area contributed by atoms with Gasteiger partial charge in [0.25, 0.3) is 5.91 Å². The summed E-state index contributed by atoms with van der Waals surface area (Å²) in [7, 11) is 0. The molecule has 5 heteroatoms. The smallest absolute Gasteiger partial charge is 0.417 e. The number of amides is 2. The van der Waals surface area contributed by atoms with Gasteiger partial charge >= 0.3 is 6.09 Å². The van der Waals surface area contributed by atoms with Crippen LogP contribution in [0.15, 0.2) is 24.3 Å². The van der Waals surface area contributed by atoms with Gasteiger partial charge in [0.2, 0.25) is 0 Å². The summed E-state index contributed by atoms with van der Waals surface area (Å²) in [6, 6.07) is 7.65. The van der Waals surface area contributed by atoms with Gasteiger partial charge in [-0.3, -0.25) is 4.79 Å². The number of ether oxygens (including phenoxy) is 2. The number of hydrogen-bond acceptors (Lipinski definition) is 4. The van der Waals surface area contributed by atoms with Crippen LogP contribution in [-0.2, 0) is 16.1 Å². The minimum atomic E-state index is -0.632. The van der Waals surface area contributed by atoms with Gasteiger partial charge in [-0.15, -0.1) is 0 Å². The van der Waals surface area contributed by atoms with E-state index in [1.165, 1.54) is 62.7 Å². The van der Waals surface area contributed by atoms with E-state index < -0.39 is 12.2 Å². The van der Waals surface area contributed by atoms with Crippen LogP contribution in [0.1, 0.15) is 103 Å². The van der Waals surface area contributed by atoms with E-state index in [-0.39, 0.29) is 12.5 Å². The molecule has 1 fully saturated rings. The molecule has 1 saturated heterocycles. The van der Waals surface area contributed by atoms with Crippen molar-refractivity contribution in [1.82, 2.24) is 4.90 Å². The molecule has 31 heavy (non-hydrogen) atoms. The van der Waals surface area contributed by atoms with Crippen LogP contribution in [0.25, 0.3) is 0 Å². The molecule has 0 bridgehead atoms. The van der Waals surface area contributed by atoms with Crippen LogP contribution in [0.3, 0.4) is 0 Å². The lowest BCUT2D eigenvalue weighted by atomic mass is 10.1. The summed E-state index contributed by atoms with van der Waals surface area (Å²) in [6.45, 7) is 5.17. The summed E-state index contributed by atoms with van der Waals surface area (Å²) in [4.78, 5) is 25.9. The summed E-state index contributed by atoms with van der Waals surface area (Å²) < 4.78 is 11.3. The molecular weight excluding hydrogens is 390 g/mol. The van der Waals surface area contributed by atoms with E-state index >= 15 is 0 Å². The van der Waals surface area contributed by atoms with Crippen molar-refractivity contribution in [3.63, 3.8) is 0 Å². The van der Waals surface area contributed by atoms with Crippen LogP contribution >= 0.6 is 0 Å². The predicted octanol–water partition coefficient (Wildman–Crippen LogP) is 7.02. The number of rotatable bonds is 17. The van der Waals surface area contributed by atoms with Crippen LogP contribution in [0.4, 0.5) is 4.79 Å². The van der Waals surface area contributed by atoms with Gasteiger partial charge in [-0.1, -0.05) is 96.3 Å². The highest BCUT2D eigenvalue weighted by atomic mass is 16.6. The Morgan fingerprint density at radius 1 is 0.839 bits per heavy atom. The van der Waals surface area contributed by atoms with Gasteiger partial charge in [-0.2, -0.15) is 0 Å². The minimum absolute atomic E-state index is 0.203. The Morgan fingerprint density at radius 2 is 1.45 bits per heavy atom. The highest BCUT2D eigenvalue weighted by Gasteiger charge is 2.40. The van der Waals surface area contributed by atoms with Gasteiger partial charge in [0.05, 0.1) is 13.2 Å². The van der Waals surface area contributed by atoms with Crippen molar-refractivity contribution in [2.75, 3.05) is 6.61 Å². The Morgan fingerprint density at radius 3 is 2.13 bits per heavy atom. The molecule has 1 aromatic carbocycles. The average Bonchev–Trinajstić information content (AvgIpc) is 3.04. The maximum atomic E-state index is 12.5. The summed E-state index contributed by atoms with van der Waals surface area (Å²) in [5.41, 5.74) is 0.844. The molecule has 0 radical (unpaired) electrons. The Kier molecular flexibility index (Phi) is 12.1. The lowest BCUT2D eigenvalue weighted by molar-refractivity contribution is -0.130. The largest absolute Gasteiger partial charge is 0.493 e. The van der Waals surface area contributed by atoms with Gasteiger partial charge in [0, 0.05) is 5.56 Å². The molecule has 0 aliphatic carbocycles. The SMILES string of the molecule is CCCCCCCCCCCCOc1ccccc1CN1C(=O)OC(CCCC)C1=O. The normalized spacial score (nSPS) is 16.1. The van der Waals surface area contributed by atoms with E-state index in [1.54, 1.807) is 0 Å². The summed E-state index contributed by atoms with van der Waals surface area (Å²) in [5.74, 6) is 0.513. The molecule has 0 spiro atoms. The fourth-order valence-electron chi connectivity index (χ4n) is 3.93. The molecule has 2 rings (SSSR count). The molecule has 0 aromatic heterocycles. The summed E-state index contributed by atoms with van der Waals surface area (Å²) >= 11 is 0. The fraction of sp³-hybridized carbons (Fsp3) is 0.692. The van der Waals surface area contributed by atoms with Crippen molar-refractivity contribution in [3.8, 4) is 5.75 Å². The molecule has 5 nitrogen and oxygen atoms in total. The first-order valence-corrected chi connectivity index (χ1v) is 12.4. The molecule has 1 aliphatic rings. The van der Waals surface area contributed by atoms with Crippen LogP contribution in [-0.4, -0.2) is 29.6 Å². The van der Waals surface area contributed by atoms with E-state index in [0.717, 1.165) is 30.6 Å². The molecule has 1 aliphatic heterocycles. The lowest BCUT2D eigenvalue weighted by Gasteiger charge is -2.15. The van der Waals surface area contributed by atoms with Crippen molar-refractivity contribution in [2.24, 2.45) is 0 Å². The van der Waals surface area contributed by atoms with Crippen LogP contribution in [0.2, 0.25) is 0 Å². The third-order valence-electron chi connectivity index (χ3n) is 5.88. The molecule has 2 amide bonds. The molecule has 1 atom stereocenters. The molecule has 174 valence electrons. The molecule has 0 saturated carbocycles. The van der Waals surface area contributed by atoms with Gasteiger partial charge in [-0.05, 0) is 25.3 Å². The number of unbranched alkanes of at least 4 members (excludes halogenated alkanes) is 10. The van der Waals surface area contributed by atoms with Crippen molar-refractivity contribution >= 4 is 12.0 Å². The van der Waals surface area contributed by atoms with Crippen molar-refractivity contribution in [2.45, 2.75) is 110 Å². The summed E-state index contributed by atoms with van der Waals surface area (Å²) in [6.07, 6.45) is 14.1. The molecule has 1 unspecified atom stereocenters. The van der Waals surface area contributed by atoms with E-state index in [0.29, 0.717) is 13.0 Å². The van der Waals surface area contributed by atoms with Crippen LogP contribution < -0.4 is 4.74 Å². The Balaban J connectivity index is 1.69. The first-order valence-electron chi connectivity index (χ1n) is 12.4. The van der Waals surface area contributed by atoms with E-state index in [4.69, 9.17) is 9.47 Å². The number of hydrogen-bond donors (Lipinski definition) is 0. The highest BCUT2D eigenvalue weighted by Crippen LogP contribution is 2.25. The zero-order valence-electron chi connectivity index (χ0n) is 19.6. The standard InChI is InChI=1S/C26H41NO4/c1-3-5-7-8-9-10-11-12-13-16-20-30-23-19-15-14-17-22(23)21-27-25(28)24(18-6-4-2)31-26(27)29/h14-15,17,19,24H,3-13,16,18,20-21H2,1-2H3. The third kappa shape index (κ3) is 8.92. The zero-order valence-corrected chi connectivity index (χ0v) is 19.6. The van der Waals surface area contributed by atoms with Gasteiger partial charge in [-0.25, -0.2) is 9.69 Å². The first kappa shape index (κ1) is 25.2. The molecule has 0 N–H and O–H groups in total. The topological polar surface area (TPSA) is 55.8 Å². The van der Waals surface area contributed by atoms with Gasteiger partial charge in [0.15, 0.2) is 6.10 Å². The zero-order chi connectivity index (χ0) is 22.3. The number of nitrogens with zero attached hydrogens (tertiary/aromatic N) is 1. The molecular formula is C26H41NO4. The molecule has 1 heterocycles. The maximum Gasteiger partial charge on any atom is 0.417 e. The quantitative estimate of drug-likeness (QED) is 0.249. The Labute approximate surface area is 188 Å². The lowest BCUT2D eigenvalue weighted by Crippen LogP contribution is -2.31. The summed E-state index contributed by atoms with van der Waals surface area (Å²) in [5, 5.41) is 0. The minimum Gasteiger partial charge on any atom is -0.493 e. The van der Waals surface area contributed by atoms with Crippen LogP contribution in [0.5, 0.6) is 5.75 Å². The maximum absolute atomic E-state index is 12.5. The second-order valence-corrected chi connectivity index (χ2v) is 8.58. The number of cyclic esters (lactones) is 1. The second-order valence-electron chi connectivity index (χ2n) is 8.58. The number of para-hydroxylation sites is 1. The predicted molar refractivity (Wildman–Crippen MR) is 124 cm³/mol. The Hall–Kier alpha value is -2.04. The van der Waals surface area contributed by atoms with Gasteiger partial charge in [0.1, 0.15) is 5.75 Å². The average molecular weight is 432 g/mol. The van der Waals surface area contributed by atoms with Crippen molar-refractivity contribution in [3.05, 3.63) is 29.8 Å². The number of carbonyl (C=O) groups excluding carboxylic acids is 2. The monoisotopic (exact) mass is 431 g/mol. The van der Waals surface area contributed by atoms with Crippen LogP contribution in [0, 0.1) is 0 Å². The number of benzene rings is 1. The first-order chi connectivity index (χ1) is 15.2. The number of imide groups is 1. The highest BCUT2D eigenvalue weighted by molar-refractivity contribution is 6.00. The number of carbonyl (C=O) groups is 2. The van der Waals surface area contributed by atoms with E-state index in [9.17, 15) is 9.59 Å². The van der Waals surface area contributed by atoms with Crippen molar-refractivity contribution in [1.29, 1.82) is 0 Å². The van der Waals surface area contributed by atoms with E-state index in [2.05, 4.69) is 13.8 Å². The van der Waals surface area contributed by atoms with Crippen molar-refractivity contribution < 1.29 is 19.1 Å².